The van der Waals surface area contributed by atoms with Crippen LogP contribution in [0.3, 0.4) is 0 Å². The van der Waals surface area contributed by atoms with E-state index in [2.05, 4.69) is 10.1 Å². The normalized spacial score (nSPS) is 11.1. The largest absolute Gasteiger partial charge is 0.476 e. The lowest BCUT2D eigenvalue weighted by Crippen LogP contribution is -1.99. The van der Waals surface area contributed by atoms with Crippen LogP contribution >= 0.6 is 11.6 Å². The Morgan fingerprint density at radius 3 is 2.84 bits per heavy atom. The number of hydrogen-bond donors (Lipinski definition) is 2. The van der Waals surface area contributed by atoms with Crippen molar-refractivity contribution in [2.45, 2.75) is 0 Å². The number of aromatic carboxylic acids is 1. The molecule has 0 aliphatic heterocycles. The zero-order valence-corrected chi connectivity index (χ0v) is 10.8. The SMILES string of the molecule is Cn1nc(C(=O)O)cc1-c1cc2ccc(Cl)cc2[nH]1. The minimum atomic E-state index is -1.04. The summed E-state index contributed by atoms with van der Waals surface area (Å²) < 4.78 is 1.54. The molecule has 0 spiro atoms. The van der Waals surface area contributed by atoms with Crippen LogP contribution in [-0.2, 0) is 7.05 Å². The summed E-state index contributed by atoms with van der Waals surface area (Å²) in [7, 11) is 1.71. The highest BCUT2D eigenvalue weighted by Crippen LogP contribution is 2.26. The number of H-pyrrole nitrogens is 1. The Labute approximate surface area is 113 Å². The number of nitrogens with one attached hydrogen (secondary N) is 1. The first-order valence-electron chi connectivity index (χ1n) is 5.60. The first-order valence-corrected chi connectivity index (χ1v) is 5.98. The molecular weight excluding hydrogens is 266 g/mol. The van der Waals surface area contributed by atoms with E-state index >= 15 is 0 Å². The van der Waals surface area contributed by atoms with Gasteiger partial charge in [0.2, 0.25) is 0 Å². The van der Waals surface area contributed by atoms with Gasteiger partial charge in [-0.1, -0.05) is 17.7 Å². The molecule has 0 fully saturated rings. The number of carboxylic acids is 1. The zero-order chi connectivity index (χ0) is 13.6. The molecule has 1 aromatic carbocycles. The van der Waals surface area contributed by atoms with E-state index < -0.39 is 5.97 Å². The van der Waals surface area contributed by atoms with Crippen molar-refractivity contribution in [2.24, 2.45) is 7.05 Å². The van der Waals surface area contributed by atoms with Crippen molar-refractivity contribution in [3.05, 3.63) is 41.0 Å². The molecule has 0 saturated carbocycles. The Hall–Kier alpha value is -2.27. The van der Waals surface area contributed by atoms with Crippen molar-refractivity contribution in [1.82, 2.24) is 14.8 Å². The molecule has 0 saturated heterocycles. The van der Waals surface area contributed by atoms with Gasteiger partial charge in [0.05, 0.1) is 11.4 Å². The third-order valence-electron chi connectivity index (χ3n) is 2.96. The maximum absolute atomic E-state index is 10.9. The van der Waals surface area contributed by atoms with E-state index in [-0.39, 0.29) is 5.69 Å². The number of aromatic nitrogens is 3. The predicted octanol–water partition coefficient (Wildman–Crippen LogP) is 2.92. The van der Waals surface area contributed by atoms with Crippen molar-refractivity contribution in [1.29, 1.82) is 0 Å². The summed E-state index contributed by atoms with van der Waals surface area (Å²) in [6.07, 6.45) is 0. The molecule has 19 heavy (non-hydrogen) atoms. The van der Waals surface area contributed by atoms with Gasteiger partial charge in [-0.05, 0) is 18.2 Å². The van der Waals surface area contributed by atoms with E-state index in [9.17, 15) is 4.79 Å². The molecular formula is C13H10ClN3O2. The summed E-state index contributed by atoms with van der Waals surface area (Å²) in [5.74, 6) is -1.04. The van der Waals surface area contributed by atoms with Crippen molar-refractivity contribution in [3.8, 4) is 11.4 Å². The Bertz CT molecular complexity index is 788. The van der Waals surface area contributed by atoms with E-state index in [0.29, 0.717) is 10.7 Å². The monoisotopic (exact) mass is 275 g/mol. The lowest BCUT2D eigenvalue weighted by molar-refractivity contribution is 0.0689. The van der Waals surface area contributed by atoms with E-state index in [1.807, 2.05) is 24.3 Å². The Morgan fingerprint density at radius 2 is 2.16 bits per heavy atom. The average Bonchev–Trinajstić information content (AvgIpc) is 2.91. The lowest BCUT2D eigenvalue weighted by Gasteiger charge is -1.96. The van der Waals surface area contributed by atoms with Crippen LogP contribution in [0.2, 0.25) is 5.02 Å². The van der Waals surface area contributed by atoms with Crippen molar-refractivity contribution >= 4 is 28.5 Å². The van der Waals surface area contributed by atoms with Gasteiger partial charge in [-0.2, -0.15) is 5.10 Å². The third kappa shape index (κ3) is 1.98. The number of carbonyl (C=O) groups is 1. The Balaban J connectivity index is 2.16. The van der Waals surface area contributed by atoms with Crippen LogP contribution < -0.4 is 0 Å². The molecule has 2 aromatic heterocycles. The van der Waals surface area contributed by atoms with Crippen LogP contribution in [0.15, 0.2) is 30.3 Å². The van der Waals surface area contributed by atoms with Crippen LogP contribution in [0.25, 0.3) is 22.3 Å². The zero-order valence-electron chi connectivity index (χ0n) is 10.0. The summed E-state index contributed by atoms with van der Waals surface area (Å²) in [5.41, 5.74) is 2.44. The first kappa shape index (κ1) is 11.8. The Morgan fingerprint density at radius 1 is 1.37 bits per heavy atom. The van der Waals surface area contributed by atoms with Crippen molar-refractivity contribution in [2.75, 3.05) is 0 Å². The molecule has 0 aliphatic rings. The van der Waals surface area contributed by atoms with E-state index in [1.54, 1.807) is 7.05 Å². The summed E-state index contributed by atoms with van der Waals surface area (Å²) in [4.78, 5) is 14.1. The number of fused-ring (bicyclic) bond motifs is 1. The number of hydrogen-bond acceptors (Lipinski definition) is 2. The fourth-order valence-electron chi connectivity index (χ4n) is 2.06. The number of carboxylic acid groups (broad SMARTS) is 1. The molecule has 3 aromatic rings. The molecule has 0 atom stereocenters. The van der Waals surface area contributed by atoms with Crippen LogP contribution in [-0.4, -0.2) is 25.8 Å². The number of nitrogens with zero attached hydrogens (tertiary/aromatic N) is 2. The second-order valence-electron chi connectivity index (χ2n) is 4.26. The first-order chi connectivity index (χ1) is 9.04. The van der Waals surface area contributed by atoms with Gasteiger partial charge >= 0.3 is 5.97 Å². The molecule has 2 N–H and O–H groups in total. The average molecular weight is 276 g/mol. The second-order valence-corrected chi connectivity index (χ2v) is 4.69. The third-order valence-corrected chi connectivity index (χ3v) is 3.19. The van der Waals surface area contributed by atoms with Crippen LogP contribution in [0.1, 0.15) is 10.5 Å². The smallest absolute Gasteiger partial charge is 0.356 e. The van der Waals surface area contributed by atoms with Gasteiger partial charge in [0.1, 0.15) is 0 Å². The number of aryl methyl sites for hydroxylation is 1. The van der Waals surface area contributed by atoms with Gasteiger partial charge in [-0.15, -0.1) is 0 Å². The van der Waals surface area contributed by atoms with Crippen molar-refractivity contribution in [3.63, 3.8) is 0 Å². The quantitative estimate of drug-likeness (QED) is 0.755. The molecule has 96 valence electrons. The molecule has 0 radical (unpaired) electrons. The maximum Gasteiger partial charge on any atom is 0.356 e. The molecule has 2 heterocycles. The molecule has 3 rings (SSSR count). The van der Waals surface area contributed by atoms with Crippen LogP contribution in [0.5, 0.6) is 0 Å². The summed E-state index contributed by atoms with van der Waals surface area (Å²) in [6, 6.07) is 9.03. The van der Waals surface area contributed by atoms with Gasteiger partial charge in [0, 0.05) is 29.0 Å². The number of aromatic amines is 1. The minimum absolute atomic E-state index is 0.0224. The summed E-state index contributed by atoms with van der Waals surface area (Å²) >= 11 is 5.94. The molecule has 0 bridgehead atoms. The highest BCUT2D eigenvalue weighted by molar-refractivity contribution is 6.31. The minimum Gasteiger partial charge on any atom is -0.476 e. The fraction of sp³-hybridized carbons (Fsp3) is 0.0769. The van der Waals surface area contributed by atoms with Crippen LogP contribution in [0.4, 0.5) is 0 Å². The number of benzene rings is 1. The number of rotatable bonds is 2. The van der Waals surface area contributed by atoms with E-state index in [1.165, 1.54) is 10.7 Å². The predicted molar refractivity (Wildman–Crippen MR) is 72.5 cm³/mol. The van der Waals surface area contributed by atoms with Crippen molar-refractivity contribution < 1.29 is 9.90 Å². The topological polar surface area (TPSA) is 70.9 Å². The Kier molecular flexibility index (Phi) is 2.57. The van der Waals surface area contributed by atoms with Gasteiger partial charge < -0.3 is 10.1 Å². The molecule has 6 heteroatoms. The van der Waals surface area contributed by atoms with E-state index in [4.69, 9.17) is 16.7 Å². The number of halogens is 1. The van der Waals surface area contributed by atoms with Gasteiger partial charge in [-0.25, -0.2) is 4.79 Å². The fourth-order valence-corrected chi connectivity index (χ4v) is 2.23. The lowest BCUT2D eigenvalue weighted by atomic mass is 10.2. The maximum atomic E-state index is 10.9. The van der Waals surface area contributed by atoms with Gasteiger partial charge in [0.25, 0.3) is 0 Å². The summed E-state index contributed by atoms with van der Waals surface area (Å²) in [5, 5.41) is 14.5. The standard InChI is InChI=1S/C13H10ClN3O2/c1-17-12(6-11(16-17)13(18)19)10-4-7-2-3-8(14)5-9(7)15-10/h2-6,15H,1H3,(H,18,19). The summed E-state index contributed by atoms with van der Waals surface area (Å²) in [6.45, 7) is 0. The molecule has 0 unspecified atom stereocenters. The highest BCUT2D eigenvalue weighted by atomic mass is 35.5. The molecule has 0 amide bonds. The van der Waals surface area contributed by atoms with Gasteiger partial charge in [0.15, 0.2) is 5.69 Å². The molecule has 0 aliphatic carbocycles. The second kappa shape index (κ2) is 4.13. The van der Waals surface area contributed by atoms with Gasteiger partial charge in [-0.3, -0.25) is 4.68 Å². The highest BCUT2D eigenvalue weighted by Gasteiger charge is 2.14. The molecule has 5 nitrogen and oxygen atoms in total. The van der Waals surface area contributed by atoms with E-state index in [0.717, 1.165) is 16.6 Å². The van der Waals surface area contributed by atoms with Crippen LogP contribution in [0, 0.1) is 0 Å².